The molecule has 0 unspecified atom stereocenters. The van der Waals surface area contributed by atoms with E-state index in [4.69, 9.17) is 14.2 Å². The van der Waals surface area contributed by atoms with Gasteiger partial charge in [0, 0.05) is 52.6 Å². The molecule has 0 aliphatic carbocycles. The third-order valence-electron chi connectivity index (χ3n) is 7.59. The normalized spacial score (nSPS) is 20.3. The summed E-state index contributed by atoms with van der Waals surface area (Å²) in [5, 5.41) is 11.6. The molecule has 2 aromatic rings. The summed E-state index contributed by atoms with van der Waals surface area (Å²) in [7, 11) is 1.60. The number of amides is 2. The Bertz CT molecular complexity index is 1160. The summed E-state index contributed by atoms with van der Waals surface area (Å²) in [5.74, 6) is 1.45. The van der Waals surface area contributed by atoms with Crippen LogP contribution in [0.15, 0.2) is 42.5 Å². The third-order valence-corrected chi connectivity index (χ3v) is 7.59. The van der Waals surface area contributed by atoms with Crippen LogP contribution >= 0.6 is 0 Å². The molecular formula is C31H42FN3O6. The number of nitrogens with zero attached hydrogens (tertiary/aromatic N) is 3. The zero-order valence-electron chi connectivity index (χ0n) is 24.1. The Kier molecular flexibility index (Phi) is 10.8. The number of carbonyl (C=O) groups excluding carboxylic acids is 2. The van der Waals surface area contributed by atoms with Crippen LogP contribution in [0.25, 0.3) is 0 Å². The minimum Gasteiger partial charge on any atom is -0.493 e. The van der Waals surface area contributed by atoms with Crippen molar-refractivity contribution in [3.8, 4) is 17.2 Å². The molecule has 2 saturated heterocycles. The minimum atomic E-state index is -1.33. The summed E-state index contributed by atoms with van der Waals surface area (Å²) in [6.45, 7) is 5.39. The lowest BCUT2D eigenvalue weighted by Crippen LogP contribution is -2.51. The Hall–Kier alpha value is -3.37. The Morgan fingerprint density at radius 1 is 1.00 bits per heavy atom. The Balaban J connectivity index is 1.38. The van der Waals surface area contributed by atoms with Gasteiger partial charge in [-0.05, 0) is 61.2 Å². The molecule has 1 N–H and O–H groups in total. The standard InChI is InChI=1S/C31H42FN3O6/c1-24(36)35-17-16-33(21-31(38,22-35)23-41-27-11-9-26(32)10-12-27)20-25-8-13-28(39-2)29(19-25)40-18-6-15-34-14-5-3-4-7-30(34)37/h8-13,19,38H,3-7,14-18,20-23H2,1-2H3/t31-/m1/s1. The number of halogens is 1. The molecule has 1 atom stereocenters. The largest absolute Gasteiger partial charge is 0.493 e. The Morgan fingerprint density at radius 2 is 1.80 bits per heavy atom. The van der Waals surface area contributed by atoms with Crippen molar-refractivity contribution in [2.45, 2.75) is 51.2 Å². The van der Waals surface area contributed by atoms with E-state index < -0.39 is 5.60 Å². The number of likely N-dealkylation sites (tertiary alicyclic amines) is 1. The molecule has 0 aromatic heterocycles. The van der Waals surface area contributed by atoms with Crippen LogP contribution in [-0.2, 0) is 16.1 Å². The molecule has 0 bridgehead atoms. The minimum absolute atomic E-state index is 0.0462. The Labute approximate surface area is 241 Å². The number of hydrogen-bond donors (Lipinski definition) is 1. The highest BCUT2D eigenvalue weighted by atomic mass is 19.1. The second kappa shape index (κ2) is 14.5. The van der Waals surface area contributed by atoms with Gasteiger partial charge in [-0.2, -0.15) is 0 Å². The van der Waals surface area contributed by atoms with E-state index >= 15 is 0 Å². The topological polar surface area (TPSA) is 91.8 Å². The van der Waals surface area contributed by atoms with Gasteiger partial charge in [-0.1, -0.05) is 12.5 Å². The number of β-amino-alcohol motifs (C(OH)–C–C–N with tert-alkyl or cyclic N) is 1. The lowest BCUT2D eigenvalue weighted by atomic mass is 10.0. The van der Waals surface area contributed by atoms with Gasteiger partial charge in [0.15, 0.2) is 11.5 Å². The smallest absolute Gasteiger partial charge is 0.222 e. The van der Waals surface area contributed by atoms with E-state index in [0.29, 0.717) is 56.5 Å². The van der Waals surface area contributed by atoms with Crippen molar-refractivity contribution in [1.82, 2.24) is 14.7 Å². The number of methoxy groups -OCH3 is 1. The first-order chi connectivity index (χ1) is 19.7. The van der Waals surface area contributed by atoms with Gasteiger partial charge < -0.3 is 29.1 Å². The van der Waals surface area contributed by atoms with Crippen molar-refractivity contribution >= 4 is 11.8 Å². The number of hydrogen-bond acceptors (Lipinski definition) is 7. The van der Waals surface area contributed by atoms with E-state index in [-0.39, 0.29) is 37.3 Å². The molecule has 2 aromatic carbocycles. The van der Waals surface area contributed by atoms with Crippen molar-refractivity contribution in [3.05, 3.63) is 53.8 Å². The lowest BCUT2D eigenvalue weighted by Gasteiger charge is -2.32. The molecule has 2 aliphatic heterocycles. The van der Waals surface area contributed by atoms with Crippen molar-refractivity contribution < 1.29 is 33.3 Å². The van der Waals surface area contributed by atoms with Crippen LogP contribution in [0.1, 0.15) is 44.6 Å². The first-order valence-corrected chi connectivity index (χ1v) is 14.4. The molecule has 9 nitrogen and oxygen atoms in total. The predicted molar refractivity (Wildman–Crippen MR) is 153 cm³/mol. The monoisotopic (exact) mass is 571 g/mol. The molecule has 2 aliphatic rings. The maximum absolute atomic E-state index is 13.3. The average molecular weight is 572 g/mol. The van der Waals surface area contributed by atoms with Crippen molar-refractivity contribution in [3.63, 3.8) is 0 Å². The van der Waals surface area contributed by atoms with Crippen LogP contribution in [-0.4, -0.2) is 96.8 Å². The number of benzene rings is 2. The summed E-state index contributed by atoms with van der Waals surface area (Å²) in [6, 6.07) is 11.4. The zero-order chi connectivity index (χ0) is 29.2. The molecule has 41 heavy (non-hydrogen) atoms. The van der Waals surface area contributed by atoms with Crippen LogP contribution in [0.2, 0.25) is 0 Å². The van der Waals surface area contributed by atoms with E-state index in [1.807, 2.05) is 23.1 Å². The van der Waals surface area contributed by atoms with Gasteiger partial charge >= 0.3 is 0 Å². The Morgan fingerprint density at radius 3 is 2.56 bits per heavy atom. The number of carbonyl (C=O) groups is 2. The van der Waals surface area contributed by atoms with E-state index in [0.717, 1.165) is 37.8 Å². The first kappa shape index (κ1) is 30.6. The van der Waals surface area contributed by atoms with Crippen LogP contribution in [0, 0.1) is 5.82 Å². The summed E-state index contributed by atoms with van der Waals surface area (Å²) >= 11 is 0. The van der Waals surface area contributed by atoms with Crippen molar-refractivity contribution in [1.29, 1.82) is 0 Å². The predicted octanol–water partition coefficient (Wildman–Crippen LogP) is 3.48. The average Bonchev–Trinajstić information content (AvgIpc) is 3.26. The molecule has 4 rings (SSSR count). The fraction of sp³-hybridized carbons (Fsp3) is 0.548. The molecule has 2 fully saturated rings. The highest BCUT2D eigenvalue weighted by Gasteiger charge is 2.37. The summed E-state index contributed by atoms with van der Waals surface area (Å²) < 4.78 is 30.7. The van der Waals surface area contributed by atoms with Gasteiger partial charge in [0.25, 0.3) is 0 Å². The van der Waals surface area contributed by atoms with Crippen molar-refractivity contribution in [2.75, 3.05) is 59.6 Å². The van der Waals surface area contributed by atoms with Crippen LogP contribution in [0.5, 0.6) is 17.2 Å². The van der Waals surface area contributed by atoms with Crippen LogP contribution in [0.3, 0.4) is 0 Å². The second-order valence-electron chi connectivity index (χ2n) is 11.0. The molecule has 0 saturated carbocycles. The van der Waals surface area contributed by atoms with Gasteiger partial charge in [0.05, 0.1) is 20.3 Å². The molecular weight excluding hydrogens is 529 g/mol. The van der Waals surface area contributed by atoms with Gasteiger partial charge in [0.1, 0.15) is 23.8 Å². The first-order valence-electron chi connectivity index (χ1n) is 14.4. The van der Waals surface area contributed by atoms with E-state index in [1.165, 1.54) is 31.2 Å². The highest BCUT2D eigenvalue weighted by molar-refractivity contribution is 5.76. The third kappa shape index (κ3) is 9.06. The zero-order valence-corrected chi connectivity index (χ0v) is 24.1. The van der Waals surface area contributed by atoms with E-state index in [2.05, 4.69) is 4.90 Å². The SMILES string of the molecule is COc1ccc(CN2CCN(C(C)=O)C[C@@](O)(COc3ccc(F)cc3)C2)cc1OCCCN1CCCCCC1=O. The van der Waals surface area contributed by atoms with Crippen LogP contribution < -0.4 is 14.2 Å². The van der Waals surface area contributed by atoms with Gasteiger partial charge in [0.2, 0.25) is 11.8 Å². The second-order valence-corrected chi connectivity index (χ2v) is 11.0. The van der Waals surface area contributed by atoms with Gasteiger partial charge in [-0.25, -0.2) is 4.39 Å². The van der Waals surface area contributed by atoms with E-state index in [1.54, 1.807) is 12.0 Å². The van der Waals surface area contributed by atoms with Crippen molar-refractivity contribution in [2.24, 2.45) is 0 Å². The summed E-state index contributed by atoms with van der Waals surface area (Å²) in [4.78, 5) is 30.2. The summed E-state index contributed by atoms with van der Waals surface area (Å²) in [6.07, 6.45) is 4.48. The maximum Gasteiger partial charge on any atom is 0.222 e. The number of aliphatic hydroxyl groups is 1. The molecule has 0 spiro atoms. The highest BCUT2D eigenvalue weighted by Crippen LogP contribution is 2.29. The molecule has 224 valence electrons. The fourth-order valence-electron chi connectivity index (χ4n) is 5.39. The maximum atomic E-state index is 13.3. The van der Waals surface area contributed by atoms with Crippen LogP contribution in [0.4, 0.5) is 4.39 Å². The van der Waals surface area contributed by atoms with Gasteiger partial charge in [-0.3, -0.25) is 14.5 Å². The molecule has 0 radical (unpaired) electrons. The number of rotatable bonds is 11. The number of ether oxygens (including phenoxy) is 3. The quantitative estimate of drug-likeness (QED) is 0.413. The molecule has 2 amide bonds. The van der Waals surface area contributed by atoms with Gasteiger partial charge in [-0.15, -0.1) is 0 Å². The summed E-state index contributed by atoms with van der Waals surface area (Å²) in [5.41, 5.74) is -0.353. The molecule has 10 heteroatoms. The van der Waals surface area contributed by atoms with E-state index in [9.17, 15) is 19.1 Å². The fourth-order valence-corrected chi connectivity index (χ4v) is 5.39. The molecule has 2 heterocycles. The lowest BCUT2D eigenvalue weighted by molar-refractivity contribution is -0.132.